The number of nitrogens with one attached hydrogen (secondary N) is 1. The molecule has 2 aliphatic rings. The molecule has 0 bridgehead atoms. The Balaban J connectivity index is 1.78. The average molecular weight is 191 g/mol. The van der Waals surface area contributed by atoms with Crippen LogP contribution in [0.25, 0.3) is 0 Å². The van der Waals surface area contributed by atoms with Crippen molar-refractivity contribution in [1.29, 1.82) is 0 Å². The summed E-state index contributed by atoms with van der Waals surface area (Å²) in [5.74, 6) is 9.29. The SMILES string of the molecule is CC#CCCC(NC)C1C2CCCC21. The minimum atomic E-state index is 0.742. The summed E-state index contributed by atoms with van der Waals surface area (Å²) in [6.07, 6.45) is 6.78. The third kappa shape index (κ3) is 1.81. The van der Waals surface area contributed by atoms with Crippen molar-refractivity contribution >= 4 is 0 Å². The normalized spacial score (nSPS) is 35.7. The van der Waals surface area contributed by atoms with E-state index in [0.29, 0.717) is 0 Å². The highest BCUT2D eigenvalue weighted by Crippen LogP contribution is 2.59. The van der Waals surface area contributed by atoms with Crippen molar-refractivity contribution in [2.24, 2.45) is 17.8 Å². The van der Waals surface area contributed by atoms with Crippen LogP contribution in [0.15, 0.2) is 0 Å². The van der Waals surface area contributed by atoms with Gasteiger partial charge in [-0.25, -0.2) is 0 Å². The van der Waals surface area contributed by atoms with Gasteiger partial charge in [0.1, 0.15) is 0 Å². The first kappa shape index (κ1) is 10.1. The highest BCUT2D eigenvalue weighted by Gasteiger charge is 2.55. The van der Waals surface area contributed by atoms with Gasteiger partial charge in [-0.1, -0.05) is 6.42 Å². The second-order valence-corrected chi connectivity index (χ2v) is 4.70. The quantitative estimate of drug-likeness (QED) is 0.673. The molecule has 0 spiro atoms. The van der Waals surface area contributed by atoms with Crippen molar-refractivity contribution < 1.29 is 0 Å². The third-order valence-electron chi connectivity index (χ3n) is 4.07. The van der Waals surface area contributed by atoms with Gasteiger partial charge in [0, 0.05) is 12.5 Å². The molecule has 2 saturated carbocycles. The highest BCUT2D eigenvalue weighted by atomic mass is 14.9. The summed E-state index contributed by atoms with van der Waals surface area (Å²) >= 11 is 0. The van der Waals surface area contributed by atoms with Crippen LogP contribution in [0.1, 0.15) is 39.0 Å². The summed E-state index contributed by atoms with van der Waals surface area (Å²) in [5.41, 5.74) is 0. The molecule has 0 aliphatic heterocycles. The zero-order chi connectivity index (χ0) is 9.97. The average Bonchev–Trinajstić information content (AvgIpc) is 2.69. The minimum Gasteiger partial charge on any atom is -0.317 e. The second kappa shape index (κ2) is 4.36. The number of rotatable bonds is 4. The largest absolute Gasteiger partial charge is 0.317 e. The molecule has 1 nitrogen and oxygen atoms in total. The Labute approximate surface area is 87.7 Å². The van der Waals surface area contributed by atoms with Crippen LogP contribution in [0.4, 0.5) is 0 Å². The molecule has 3 unspecified atom stereocenters. The lowest BCUT2D eigenvalue weighted by molar-refractivity contribution is 0.412. The predicted octanol–water partition coefficient (Wildman–Crippen LogP) is 2.42. The Bertz CT molecular complexity index is 238. The molecule has 2 fully saturated rings. The molecule has 0 aromatic carbocycles. The maximum atomic E-state index is 3.48. The Hall–Kier alpha value is -0.480. The van der Waals surface area contributed by atoms with E-state index in [1.165, 1.54) is 25.7 Å². The highest BCUT2D eigenvalue weighted by molar-refractivity contribution is 5.07. The summed E-state index contributed by atoms with van der Waals surface area (Å²) in [4.78, 5) is 0. The van der Waals surface area contributed by atoms with Gasteiger partial charge in [-0.3, -0.25) is 0 Å². The Kier molecular flexibility index (Phi) is 3.13. The van der Waals surface area contributed by atoms with E-state index in [2.05, 4.69) is 24.2 Å². The summed E-state index contributed by atoms with van der Waals surface area (Å²) in [6.45, 7) is 1.93. The van der Waals surface area contributed by atoms with Gasteiger partial charge < -0.3 is 5.32 Å². The summed E-state index contributed by atoms with van der Waals surface area (Å²) in [7, 11) is 2.11. The zero-order valence-corrected chi connectivity index (χ0v) is 9.34. The van der Waals surface area contributed by atoms with Gasteiger partial charge in [-0.2, -0.15) is 0 Å². The van der Waals surface area contributed by atoms with Crippen molar-refractivity contribution in [3.8, 4) is 11.8 Å². The number of hydrogen-bond acceptors (Lipinski definition) is 1. The number of fused-ring (bicyclic) bond motifs is 1. The second-order valence-electron chi connectivity index (χ2n) is 4.70. The van der Waals surface area contributed by atoms with Gasteiger partial charge in [0.15, 0.2) is 0 Å². The van der Waals surface area contributed by atoms with Crippen LogP contribution in [-0.4, -0.2) is 13.1 Å². The zero-order valence-electron chi connectivity index (χ0n) is 9.34. The lowest BCUT2D eigenvalue weighted by Crippen LogP contribution is -2.29. The molecule has 1 N–H and O–H groups in total. The first-order chi connectivity index (χ1) is 6.88. The molecule has 0 aromatic rings. The monoisotopic (exact) mass is 191 g/mol. The van der Waals surface area contributed by atoms with Gasteiger partial charge in [-0.15, -0.1) is 11.8 Å². The van der Waals surface area contributed by atoms with Crippen molar-refractivity contribution in [2.45, 2.75) is 45.1 Å². The molecule has 2 rings (SSSR count). The van der Waals surface area contributed by atoms with Gasteiger partial charge in [0.05, 0.1) is 0 Å². The van der Waals surface area contributed by atoms with Crippen molar-refractivity contribution in [1.82, 2.24) is 5.32 Å². The molecule has 2 aliphatic carbocycles. The van der Waals surface area contributed by atoms with Gasteiger partial charge in [0.2, 0.25) is 0 Å². The van der Waals surface area contributed by atoms with Crippen LogP contribution >= 0.6 is 0 Å². The molecule has 3 atom stereocenters. The molecular formula is C13H21N. The standard InChI is InChI=1S/C13H21N/c1-3-4-5-9-12(14-2)13-10-7-6-8-11(10)13/h10-14H,5-9H2,1-2H3. The summed E-state index contributed by atoms with van der Waals surface area (Å²) < 4.78 is 0. The first-order valence-electron chi connectivity index (χ1n) is 5.95. The van der Waals surface area contributed by atoms with Crippen LogP contribution in [0, 0.1) is 29.6 Å². The molecule has 78 valence electrons. The van der Waals surface area contributed by atoms with Gasteiger partial charge in [0.25, 0.3) is 0 Å². The molecule has 0 saturated heterocycles. The fraction of sp³-hybridized carbons (Fsp3) is 0.846. The maximum absolute atomic E-state index is 3.48. The molecule has 0 aromatic heterocycles. The maximum Gasteiger partial charge on any atom is 0.0107 e. The van der Waals surface area contributed by atoms with E-state index in [4.69, 9.17) is 0 Å². The van der Waals surface area contributed by atoms with Crippen molar-refractivity contribution in [3.63, 3.8) is 0 Å². The summed E-state index contributed by atoms with van der Waals surface area (Å²) in [6, 6.07) is 0.742. The first-order valence-corrected chi connectivity index (χ1v) is 5.95. The Morgan fingerprint density at radius 3 is 2.64 bits per heavy atom. The molecular weight excluding hydrogens is 170 g/mol. The van der Waals surface area contributed by atoms with Crippen LogP contribution in [-0.2, 0) is 0 Å². The van der Waals surface area contributed by atoms with E-state index in [1.54, 1.807) is 0 Å². The van der Waals surface area contributed by atoms with Crippen LogP contribution in [0.5, 0.6) is 0 Å². The van der Waals surface area contributed by atoms with Crippen molar-refractivity contribution in [3.05, 3.63) is 0 Å². The van der Waals surface area contributed by atoms with Gasteiger partial charge >= 0.3 is 0 Å². The van der Waals surface area contributed by atoms with E-state index >= 15 is 0 Å². The minimum absolute atomic E-state index is 0.742. The lowest BCUT2D eigenvalue weighted by Gasteiger charge is -2.16. The lowest BCUT2D eigenvalue weighted by atomic mass is 10.00. The Morgan fingerprint density at radius 1 is 1.36 bits per heavy atom. The smallest absolute Gasteiger partial charge is 0.0107 e. The van der Waals surface area contributed by atoms with E-state index in [9.17, 15) is 0 Å². The molecule has 0 radical (unpaired) electrons. The number of hydrogen-bond donors (Lipinski definition) is 1. The van der Waals surface area contributed by atoms with Crippen LogP contribution < -0.4 is 5.32 Å². The Morgan fingerprint density at radius 2 is 2.07 bits per heavy atom. The molecule has 0 heterocycles. The molecule has 14 heavy (non-hydrogen) atoms. The van der Waals surface area contributed by atoms with Gasteiger partial charge in [-0.05, 0) is 51.0 Å². The molecule has 0 amide bonds. The third-order valence-corrected chi connectivity index (χ3v) is 4.07. The van der Waals surface area contributed by atoms with Crippen molar-refractivity contribution in [2.75, 3.05) is 7.05 Å². The fourth-order valence-electron chi connectivity index (χ4n) is 3.36. The van der Waals surface area contributed by atoms with Crippen LogP contribution in [0.3, 0.4) is 0 Å². The predicted molar refractivity (Wildman–Crippen MR) is 59.9 cm³/mol. The fourth-order valence-corrected chi connectivity index (χ4v) is 3.36. The molecule has 1 heteroatoms. The van der Waals surface area contributed by atoms with Crippen LogP contribution in [0.2, 0.25) is 0 Å². The van der Waals surface area contributed by atoms with E-state index in [1.807, 2.05) is 6.92 Å². The van der Waals surface area contributed by atoms with E-state index in [-0.39, 0.29) is 0 Å². The van der Waals surface area contributed by atoms with E-state index in [0.717, 1.165) is 30.2 Å². The summed E-state index contributed by atoms with van der Waals surface area (Å²) in [5, 5.41) is 3.48. The topological polar surface area (TPSA) is 12.0 Å². The van der Waals surface area contributed by atoms with E-state index < -0.39 is 0 Å².